The van der Waals surface area contributed by atoms with E-state index in [9.17, 15) is 5.26 Å². The van der Waals surface area contributed by atoms with Gasteiger partial charge in [0.2, 0.25) is 0 Å². The zero-order chi connectivity index (χ0) is 22.7. The van der Waals surface area contributed by atoms with E-state index in [0.717, 1.165) is 20.1 Å². The lowest BCUT2D eigenvalue weighted by Gasteiger charge is -2.13. The maximum absolute atomic E-state index is 9.65. The predicted octanol–water partition coefficient (Wildman–Crippen LogP) is 9.31. The maximum Gasteiger partial charge on any atom is 0.148 e. The average Bonchev–Trinajstić information content (AvgIpc) is 2.79. The Hall–Kier alpha value is -2.29. The predicted molar refractivity (Wildman–Crippen MR) is 140 cm³/mol. The van der Waals surface area contributed by atoms with Crippen LogP contribution in [0, 0.1) is 11.3 Å². The highest BCUT2D eigenvalue weighted by atomic mass is 79.9. The van der Waals surface area contributed by atoms with Gasteiger partial charge in [0.25, 0.3) is 0 Å². The molecule has 0 aromatic heterocycles. The largest absolute Gasteiger partial charge is 0.487 e. The van der Waals surface area contributed by atoms with Gasteiger partial charge in [-0.3, -0.25) is 0 Å². The number of fused-ring (bicyclic) bond motifs is 1. The van der Waals surface area contributed by atoms with Crippen molar-refractivity contribution in [3.05, 3.63) is 108 Å². The van der Waals surface area contributed by atoms with E-state index >= 15 is 0 Å². The first-order chi connectivity index (χ1) is 15.5. The van der Waals surface area contributed by atoms with E-state index in [1.807, 2.05) is 30.3 Å². The van der Waals surface area contributed by atoms with Crippen LogP contribution in [0.5, 0.6) is 5.75 Å². The Morgan fingerprint density at radius 1 is 0.906 bits per heavy atom. The average molecular weight is 588 g/mol. The molecule has 4 rings (SSSR count). The summed E-state index contributed by atoms with van der Waals surface area (Å²) >= 11 is 19.3. The van der Waals surface area contributed by atoms with Crippen molar-refractivity contribution in [2.24, 2.45) is 0 Å². The zero-order valence-electron chi connectivity index (χ0n) is 16.6. The van der Waals surface area contributed by atoms with Crippen LogP contribution in [0.3, 0.4) is 0 Å². The van der Waals surface area contributed by atoms with E-state index < -0.39 is 0 Å². The lowest BCUT2D eigenvalue weighted by molar-refractivity contribution is 0.303. The van der Waals surface area contributed by atoms with Gasteiger partial charge in [-0.05, 0) is 89.7 Å². The topological polar surface area (TPSA) is 33.0 Å². The summed E-state index contributed by atoms with van der Waals surface area (Å²) in [5.74, 6) is 0.697. The maximum atomic E-state index is 9.65. The Bertz CT molecular complexity index is 1360. The normalized spacial score (nSPS) is 11.4. The highest BCUT2D eigenvalue weighted by molar-refractivity contribution is 9.11. The van der Waals surface area contributed by atoms with Crippen LogP contribution < -0.4 is 4.74 Å². The van der Waals surface area contributed by atoms with Crippen molar-refractivity contribution < 1.29 is 4.74 Å². The van der Waals surface area contributed by atoms with Crippen LogP contribution in [0.15, 0.2) is 81.7 Å². The molecule has 2 nitrogen and oxygen atoms in total. The van der Waals surface area contributed by atoms with E-state index in [0.29, 0.717) is 33.5 Å². The number of nitriles is 1. The number of nitrogens with zero attached hydrogens (tertiary/aromatic N) is 1. The van der Waals surface area contributed by atoms with Gasteiger partial charge >= 0.3 is 0 Å². The lowest BCUT2D eigenvalue weighted by atomic mass is 10.0. The first-order valence-corrected chi connectivity index (χ1v) is 12.0. The fourth-order valence-electron chi connectivity index (χ4n) is 3.38. The summed E-state index contributed by atoms with van der Waals surface area (Å²) in [4.78, 5) is 0. The molecule has 4 aromatic rings. The smallest absolute Gasteiger partial charge is 0.148 e. The Labute approximate surface area is 213 Å². The summed E-state index contributed by atoms with van der Waals surface area (Å²) in [7, 11) is 0. The van der Waals surface area contributed by atoms with Gasteiger partial charge in [-0.25, -0.2) is 0 Å². The van der Waals surface area contributed by atoms with Crippen molar-refractivity contribution in [1.82, 2.24) is 0 Å². The SMILES string of the molecule is N#C/C(=C/c1cc(Br)c(OCc2cccc3ccccc23)c(Br)c1)c1ccc(Cl)c(Cl)c1. The van der Waals surface area contributed by atoms with Gasteiger partial charge < -0.3 is 4.74 Å². The number of ether oxygens (including phenoxy) is 1. The fraction of sp³-hybridized carbons (Fsp3) is 0.0385. The molecule has 0 atom stereocenters. The lowest BCUT2D eigenvalue weighted by Crippen LogP contribution is -1.98. The van der Waals surface area contributed by atoms with Crippen molar-refractivity contribution in [2.75, 3.05) is 0 Å². The molecule has 0 amide bonds. The second-order valence-electron chi connectivity index (χ2n) is 7.04. The van der Waals surface area contributed by atoms with Gasteiger partial charge in [-0.15, -0.1) is 0 Å². The molecule has 4 aromatic carbocycles. The van der Waals surface area contributed by atoms with Gasteiger partial charge in [0.05, 0.1) is 30.6 Å². The van der Waals surface area contributed by atoms with Crippen molar-refractivity contribution in [1.29, 1.82) is 5.26 Å². The monoisotopic (exact) mass is 585 g/mol. The quantitative estimate of drug-likeness (QED) is 0.172. The molecule has 0 spiro atoms. The minimum atomic E-state index is 0.407. The zero-order valence-corrected chi connectivity index (χ0v) is 21.3. The summed E-state index contributed by atoms with van der Waals surface area (Å²) in [6, 6.07) is 25.6. The summed E-state index contributed by atoms with van der Waals surface area (Å²) < 4.78 is 7.71. The van der Waals surface area contributed by atoms with Crippen LogP contribution in [-0.4, -0.2) is 0 Å². The summed E-state index contributed by atoms with van der Waals surface area (Å²) in [6.07, 6.45) is 1.80. The third kappa shape index (κ3) is 5.03. The summed E-state index contributed by atoms with van der Waals surface area (Å²) in [5, 5.41) is 12.9. The van der Waals surface area contributed by atoms with Gasteiger partial charge in [-0.1, -0.05) is 71.7 Å². The first-order valence-electron chi connectivity index (χ1n) is 9.62. The number of halogens is 4. The number of hydrogen-bond acceptors (Lipinski definition) is 2. The highest BCUT2D eigenvalue weighted by Gasteiger charge is 2.11. The van der Waals surface area contributed by atoms with Crippen molar-refractivity contribution >= 4 is 77.5 Å². The minimum absolute atomic E-state index is 0.407. The molecule has 0 aliphatic carbocycles. The van der Waals surface area contributed by atoms with Crippen molar-refractivity contribution in [3.8, 4) is 11.8 Å². The summed E-state index contributed by atoms with van der Waals surface area (Å²) in [6.45, 7) is 0.431. The molecule has 0 aliphatic heterocycles. The van der Waals surface area contributed by atoms with Gasteiger partial charge in [0.15, 0.2) is 0 Å². The molecule has 0 saturated carbocycles. The van der Waals surface area contributed by atoms with Crippen LogP contribution >= 0.6 is 55.1 Å². The number of rotatable bonds is 5. The van der Waals surface area contributed by atoms with E-state index in [2.05, 4.69) is 62.2 Å². The second kappa shape index (κ2) is 10.1. The molecular weight excluding hydrogens is 573 g/mol. The molecule has 0 saturated heterocycles. The molecule has 0 bridgehead atoms. The Balaban J connectivity index is 1.61. The van der Waals surface area contributed by atoms with Crippen molar-refractivity contribution in [2.45, 2.75) is 6.61 Å². The van der Waals surface area contributed by atoms with E-state index in [1.54, 1.807) is 24.3 Å². The fourth-order valence-corrected chi connectivity index (χ4v) is 5.13. The van der Waals surface area contributed by atoms with Gasteiger partial charge in [-0.2, -0.15) is 5.26 Å². The standard InChI is InChI=1S/C26H15Br2Cl2NO/c27-22-11-16(10-20(14-31)18-8-9-24(29)25(30)13-18)12-23(28)26(22)32-15-19-6-3-5-17-4-1-2-7-21(17)19/h1-13H,15H2/b20-10-. The molecule has 0 fully saturated rings. The second-order valence-corrected chi connectivity index (χ2v) is 9.56. The van der Waals surface area contributed by atoms with E-state index in [1.165, 1.54) is 10.8 Å². The third-order valence-electron chi connectivity index (χ3n) is 4.93. The number of benzene rings is 4. The molecule has 0 N–H and O–H groups in total. The van der Waals surface area contributed by atoms with Gasteiger partial charge in [0, 0.05) is 0 Å². The molecule has 158 valence electrons. The Kier molecular flexibility index (Phi) is 7.23. The third-order valence-corrected chi connectivity index (χ3v) is 6.85. The Morgan fingerprint density at radius 3 is 2.34 bits per heavy atom. The molecule has 0 unspecified atom stereocenters. The number of hydrogen-bond donors (Lipinski definition) is 0. The van der Waals surface area contributed by atoms with Crippen molar-refractivity contribution in [3.63, 3.8) is 0 Å². The molecule has 0 heterocycles. The van der Waals surface area contributed by atoms with Crippen LogP contribution in [0.25, 0.3) is 22.4 Å². The first kappa shape index (κ1) is 22.9. The van der Waals surface area contributed by atoms with Crippen LogP contribution in [0.2, 0.25) is 10.0 Å². The molecule has 0 aliphatic rings. The molecule has 32 heavy (non-hydrogen) atoms. The molecule has 0 radical (unpaired) electrons. The van der Waals surface area contributed by atoms with Crippen LogP contribution in [0.1, 0.15) is 16.7 Å². The van der Waals surface area contributed by atoms with E-state index in [4.69, 9.17) is 27.9 Å². The highest BCUT2D eigenvalue weighted by Crippen LogP contribution is 2.37. The minimum Gasteiger partial charge on any atom is -0.487 e. The Morgan fingerprint density at radius 2 is 1.62 bits per heavy atom. The van der Waals surface area contributed by atoms with Crippen LogP contribution in [0.4, 0.5) is 0 Å². The van der Waals surface area contributed by atoms with Crippen LogP contribution in [-0.2, 0) is 6.61 Å². The molecule has 6 heteroatoms. The molecular formula is C26H15Br2Cl2NO. The summed E-state index contributed by atoms with van der Waals surface area (Å²) in [5.41, 5.74) is 3.12. The number of allylic oxidation sites excluding steroid dienone is 1. The van der Waals surface area contributed by atoms with Gasteiger partial charge in [0.1, 0.15) is 12.4 Å². The van der Waals surface area contributed by atoms with E-state index in [-0.39, 0.29) is 0 Å².